The number of carbonyl (C=O) groups excluding carboxylic acids is 3. The van der Waals surface area contributed by atoms with Gasteiger partial charge in [-0.1, -0.05) is 44.0 Å². The molecule has 230 valence electrons. The van der Waals surface area contributed by atoms with Gasteiger partial charge in [-0.15, -0.1) is 0 Å². The van der Waals surface area contributed by atoms with E-state index in [2.05, 4.69) is 6.92 Å². The van der Waals surface area contributed by atoms with Gasteiger partial charge in [-0.3, -0.25) is 13.8 Å². The summed E-state index contributed by atoms with van der Waals surface area (Å²) in [6.07, 6.45) is 4.06. The van der Waals surface area contributed by atoms with Gasteiger partial charge in [-0.2, -0.15) is 8.42 Å². The van der Waals surface area contributed by atoms with Gasteiger partial charge in [0.15, 0.2) is 11.4 Å². The Balaban J connectivity index is 1.46. The third-order valence-corrected chi connectivity index (χ3v) is 12.1. The largest absolute Gasteiger partial charge is 0.509 e. The van der Waals surface area contributed by atoms with Gasteiger partial charge >= 0.3 is 6.16 Å². The monoisotopic (exact) mass is 602 g/mol. The van der Waals surface area contributed by atoms with Crippen molar-refractivity contribution in [2.45, 2.75) is 95.7 Å². The summed E-state index contributed by atoms with van der Waals surface area (Å²) in [5.41, 5.74) is -1.05. The SMILES string of the molecule is CCCOC(=O)O[C@]1(C(=O)COS(=O)(=O)c2ccc(C)cc2)CC[C@H]2[C@@H]3CCC4=CC(=O)CC[C@]4(C)[C@H]3[C@@H](O)C[C@@]21C. The van der Waals surface area contributed by atoms with Gasteiger partial charge in [0.1, 0.15) is 6.61 Å². The maximum Gasteiger partial charge on any atom is 0.509 e. The van der Waals surface area contributed by atoms with Crippen LogP contribution in [0.4, 0.5) is 4.79 Å². The first-order valence-corrected chi connectivity index (χ1v) is 16.5. The Bertz CT molecular complexity index is 1380. The number of hydrogen-bond donors (Lipinski definition) is 1. The minimum absolute atomic E-state index is 0.0382. The van der Waals surface area contributed by atoms with E-state index in [4.69, 9.17) is 13.7 Å². The second-order valence-electron chi connectivity index (χ2n) is 13.1. The molecule has 1 aromatic rings. The predicted molar refractivity (Wildman–Crippen MR) is 153 cm³/mol. The molecule has 0 unspecified atom stereocenters. The summed E-state index contributed by atoms with van der Waals surface area (Å²) in [5, 5.41) is 11.8. The van der Waals surface area contributed by atoms with Crippen molar-refractivity contribution in [3.8, 4) is 0 Å². The van der Waals surface area contributed by atoms with Crippen LogP contribution in [0.5, 0.6) is 0 Å². The molecule has 10 heteroatoms. The van der Waals surface area contributed by atoms with Crippen LogP contribution in [0.3, 0.4) is 0 Å². The number of fused-ring (bicyclic) bond motifs is 5. The molecule has 0 saturated heterocycles. The van der Waals surface area contributed by atoms with E-state index in [1.54, 1.807) is 18.2 Å². The van der Waals surface area contributed by atoms with Gasteiger partial charge in [0, 0.05) is 11.8 Å². The molecular formula is C32H42O9S. The van der Waals surface area contributed by atoms with Gasteiger partial charge in [-0.25, -0.2) is 4.79 Å². The van der Waals surface area contributed by atoms with Gasteiger partial charge in [0.25, 0.3) is 10.1 Å². The first-order valence-electron chi connectivity index (χ1n) is 15.0. The molecule has 0 heterocycles. The van der Waals surface area contributed by atoms with Gasteiger partial charge in [-0.05, 0) is 93.2 Å². The fourth-order valence-corrected chi connectivity index (χ4v) is 9.60. The molecule has 1 aromatic carbocycles. The molecule has 0 spiro atoms. The van der Waals surface area contributed by atoms with Crippen molar-refractivity contribution in [1.29, 1.82) is 0 Å². The standard InChI is InChI=1S/C32H42O9S/c1-5-16-39-29(36)41-32(27(35)19-40-42(37,38)23-9-6-20(2)7-10-23)15-13-25-24-11-8-21-17-22(33)12-14-30(21,3)28(24)26(34)18-31(25,32)4/h6-7,9-10,17,24-26,28,34H,5,8,11-16,18-19H2,1-4H3/t24-,25-,26-,28+,30-,31-,32-/m0/s1. The lowest BCUT2D eigenvalue weighted by Crippen LogP contribution is -2.63. The number of ketones is 2. The summed E-state index contributed by atoms with van der Waals surface area (Å²) in [4.78, 5) is 39.2. The van der Waals surface area contributed by atoms with Crippen molar-refractivity contribution >= 4 is 27.8 Å². The molecular weight excluding hydrogens is 560 g/mol. The number of aliphatic hydroxyl groups is 1. The molecule has 4 aliphatic rings. The Morgan fingerprint density at radius 1 is 1.07 bits per heavy atom. The number of aliphatic hydroxyl groups excluding tert-OH is 1. The fraction of sp³-hybridized carbons (Fsp3) is 0.656. The molecule has 0 radical (unpaired) electrons. The third-order valence-electron chi connectivity index (χ3n) is 10.8. The van der Waals surface area contributed by atoms with Crippen molar-refractivity contribution in [3.63, 3.8) is 0 Å². The summed E-state index contributed by atoms with van der Waals surface area (Å²) >= 11 is 0. The van der Waals surface area contributed by atoms with E-state index in [-0.39, 0.29) is 53.3 Å². The zero-order valence-corrected chi connectivity index (χ0v) is 25.7. The maximum absolute atomic E-state index is 14.1. The quantitative estimate of drug-likeness (QED) is 0.320. The number of Topliss-reactive ketones (excluding diaryl/α,β-unsaturated/α-hetero) is 1. The van der Waals surface area contributed by atoms with E-state index >= 15 is 0 Å². The Kier molecular flexibility index (Phi) is 8.22. The zero-order chi connectivity index (χ0) is 30.5. The highest BCUT2D eigenvalue weighted by Gasteiger charge is 2.70. The van der Waals surface area contributed by atoms with Crippen LogP contribution in [-0.2, 0) is 33.4 Å². The first-order chi connectivity index (χ1) is 19.8. The van der Waals surface area contributed by atoms with E-state index < -0.39 is 45.8 Å². The number of aryl methyl sites for hydroxylation is 1. The molecule has 1 N–H and O–H groups in total. The Morgan fingerprint density at radius 3 is 2.48 bits per heavy atom. The maximum atomic E-state index is 14.1. The van der Waals surface area contributed by atoms with Crippen LogP contribution in [0, 0.1) is 35.5 Å². The van der Waals surface area contributed by atoms with Crippen molar-refractivity contribution in [1.82, 2.24) is 0 Å². The number of allylic oxidation sites excluding steroid dienone is 1. The van der Waals surface area contributed by atoms with Crippen LogP contribution in [0.15, 0.2) is 40.8 Å². The second-order valence-corrected chi connectivity index (χ2v) is 14.7. The van der Waals surface area contributed by atoms with E-state index in [1.807, 2.05) is 20.8 Å². The van der Waals surface area contributed by atoms with Crippen molar-refractivity contribution in [2.24, 2.45) is 28.6 Å². The van der Waals surface area contributed by atoms with E-state index in [0.717, 1.165) is 24.0 Å². The molecule has 9 nitrogen and oxygen atoms in total. The van der Waals surface area contributed by atoms with Gasteiger partial charge in [0.05, 0.1) is 17.6 Å². The lowest BCUT2D eigenvalue weighted by atomic mass is 9.45. The highest BCUT2D eigenvalue weighted by molar-refractivity contribution is 7.86. The topological polar surface area (TPSA) is 133 Å². The molecule has 0 aliphatic heterocycles. The van der Waals surface area contributed by atoms with Gasteiger partial charge < -0.3 is 14.6 Å². The molecule has 7 atom stereocenters. The molecule has 0 amide bonds. The van der Waals surface area contributed by atoms with Crippen LogP contribution in [0.1, 0.15) is 77.7 Å². The fourth-order valence-electron chi connectivity index (χ4n) is 8.74. The summed E-state index contributed by atoms with van der Waals surface area (Å²) < 4.78 is 42.3. The van der Waals surface area contributed by atoms with Crippen molar-refractivity contribution in [3.05, 3.63) is 41.5 Å². The smallest absolute Gasteiger partial charge is 0.434 e. The van der Waals surface area contributed by atoms with Gasteiger partial charge in [0.2, 0.25) is 5.78 Å². The molecule has 3 fully saturated rings. The van der Waals surface area contributed by atoms with E-state index in [0.29, 0.717) is 25.7 Å². The molecule has 42 heavy (non-hydrogen) atoms. The number of rotatable bonds is 8. The molecule has 3 saturated carbocycles. The zero-order valence-electron chi connectivity index (χ0n) is 24.9. The molecule has 0 aromatic heterocycles. The van der Waals surface area contributed by atoms with E-state index in [9.17, 15) is 27.9 Å². The van der Waals surface area contributed by atoms with Crippen molar-refractivity contribution < 1.29 is 41.6 Å². The Labute approximate surface area is 248 Å². The van der Waals surface area contributed by atoms with Crippen LogP contribution >= 0.6 is 0 Å². The van der Waals surface area contributed by atoms with Crippen molar-refractivity contribution in [2.75, 3.05) is 13.2 Å². The lowest BCUT2D eigenvalue weighted by Gasteiger charge is -2.60. The van der Waals surface area contributed by atoms with Crippen LogP contribution in [0.2, 0.25) is 0 Å². The number of benzene rings is 1. The predicted octanol–water partition coefficient (Wildman–Crippen LogP) is 5.07. The molecule has 5 rings (SSSR count). The normalized spacial score (nSPS) is 35.8. The van der Waals surface area contributed by atoms with E-state index in [1.165, 1.54) is 12.1 Å². The molecule has 0 bridgehead atoms. The summed E-state index contributed by atoms with van der Waals surface area (Å²) in [5.74, 6) is -0.663. The highest BCUT2D eigenvalue weighted by atomic mass is 32.2. The van der Waals surface area contributed by atoms with Crippen LogP contribution in [0.25, 0.3) is 0 Å². The summed E-state index contributed by atoms with van der Waals surface area (Å²) in [7, 11) is -4.25. The Morgan fingerprint density at radius 2 is 1.79 bits per heavy atom. The first kappa shape index (κ1) is 30.9. The average Bonchev–Trinajstić information content (AvgIpc) is 3.23. The number of carbonyl (C=O) groups is 3. The average molecular weight is 603 g/mol. The third kappa shape index (κ3) is 5.03. The molecule has 4 aliphatic carbocycles. The highest BCUT2D eigenvalue weighted by Crippen LogP contribution is 2.68. The minimum atomic E-state index is -4.25. The second kappa shape index (κ2) is 11.2. The Hall–Kier alpha value is -2.56. The minimum Gasteiger partial charge on any atom is -0.434 e. The number of ether oxygens (including phenoxy) is 2. The van der Waals surface area contributed by atoms with Crippen LogP contribution in [-0.4, -0.2) is 56.2 Å². The lowest BCUT2D eigenvalue weighted by molar-refractivity contribution is -0.186. The summed E-state index contributed by atoms with van der Waals surface area (Å²) in [6, 6.07) is 6.11. The summed E-state index contributed by atoms with van der Waals surface area (Å²) in [6.45, 7) is 6.99. The van der Waals surface area contributed by atoms with Crippen LogP contribution < -0.4 is 0 Å². The number of hydrogen-bond acceptors (Lipinski definition) is 9.